The predicted octanol–water partition coefficient (Wildman–Crippen LogP) is 2.63. The molecule has 0 aliphatic carbocycles. The zero-order chi connectivity index (χ0) is 21.0. The molecule has 0 saturated heterocycles. The van der Waals surface area contributed by atoms with Crippen molar-refractivity contribution in [2.75, 3.05) is 0 Å². The number of imidazole rings is 1. The van der Waals surface area contributed by atoms with Crippen molar-refractivity contribution in [3.05, 3.63) is 62.1 Å². The molecule has 0 amide bonds. The van der Waals surface area contributed by atoms with E-state index < -0.39 is 17.2 Å². The van der Waals surface area contributed by atoms with E-state index in [9.17, 15) is 14.4 Å². The number of nitrogens with one attached hydrogen (secondary N) is 1. The van der Waals surface area contributed by atoms with Crippen LogP contribution in [0.1, 0.15) is 55.4 Å². The van der Waals surface area contributed by atoms with E-state index in [0.29, 0.717) is 35.6 Å². The van der Waals surface area contributed by atoms with Crippen LogP contribution in [0.5, 0.6) is 0 Å². The summed E-state index contributed by atoms with van der Waals surface area (Å²) in [4.78, 5) is 43.9. The minimum atomic E-state index is -0.486. The molecule has 0 spiro atoms. The Morgan fingerprint density at radius 3 is 2.45 bits per heavy atom. The van der Waals surface area contributed by atoms with Crippen LogP contribution >= 0.6 is 0 Å². The van der Waals surface area contributed by atoms with Gasteiger partial charge >= 0.3 is 11.7 Å². The number of hydrogen-bond donors (Lipinski definition) is 1. The first-order valence-electron chi connectivity index (χ1n) is 9.98. The largest absolute Gasteiger partial charge is 0.454 e. The van der Waals surface area contributed by atoms with Crippen LogP contribution in [0.15, 0.2) is 33.9 Å². The number of rotatable bonds is 8. The molecule has 8 nitrogen and oxygen atoms in total. The molecule has 0 radical (unpaired) electrons. The molecular weight excluding hydrogens is 372 g/mol. The predicted molar refractivity (Wildman–Crippen MR) is 110 cm³/mol. The summed E-state index contributed by atoms with van der Waals surface area (Å²) in [7, 11) is 0. The number of ether oxygens (including phenoxy) is 1. The van der Waals surface area contributed by atoms with Crippen molar-refractivity contribution in [1.82, 2.24) is 19.1 Å². The molecule has 2 heterocycles. The molecule has 0 saturated carbocycles. The van der Waals surface area contributed by atoms with Crippen molar-refractivity contribution >= 4 is 17.1 Å². The number of nitrogens with zero attached hydrogens (tertiary/aromatic N) is 3. The topological polar surface area (TPSA) is 99.0 Å². The van der Waals surface area contributed by atoms with Crippen molar-refractivity contribution in [2.24, 2.45) is 0 Å². The number of hydrogen-bond acceptors (Lipinski definition) is 5. The maximum Gasteiger partial charge on any atom is 0.338 e. The van der Waals surface area contributed by atoms with Gasteiger partial charge in [0.25, 0.3) is 5.56 Å². The van der Waals surface area contributed by atoms with Gasteiger partial charge in [-0.15, -0.1) is 0 Å². The zero-order valence-electron chi connectivity index (χ0n) is 17.0. The van der Waals surface area contributed by atoms with Gasteiger partial charge in [0.15, 0.2) is 11.2 Å². The molecule has 1 aromatic carbocycles. The number of benzene rings is 1. The average Bonchev–Trinajstić information content (AvgIpc) is 3.10. The zero-order valence-corrected chi connectivity index (χ0v) is 17.0. The summed E-state index contributed by atoms with van der Waals surface area (Å²) < 4.78 is 8.59. The van der Waals surface area contributed by atoms with Crippen LogP contribution in [-0.4, -0.2) is 25.1 Å². The number of esters is 1. The molecule has 0 aliphatic heterocycles. The third kappa shape index (κ3) is 4.16. The van der Waals surface area contributed by atoms with E-state index >= 15 is 0 Å². The molecule has 3 rings (SSSR count). The second-order valence-electron chi connectivity index (χ2n) is 6.84. The van der Waals surface area contributed by atoms with Crippen molar-refractivity contribution in [1.29, 1.82) is 0 Å². The van der Waals surface area contributed by atoms with E-state index in [1.165, 1.54) is 4.57 Å². The fourth-order valence-electron chi connectivity index (χ4n) is 3.28. The van der Waals surface area contributed by atoms with Gasteiger partial charge in [0, 0.05) is 13.1 Å². The van der Waals surface area contributed by atoms with E-state index in [2.05, 4.69) is 9.97 Å². The lowest BCUT2D eigenvalue weighted by molar-refractivity contribution is 0.0458. The van der Waals surface area contributed by atoms with E-state index in [1.54, 1.807) is 16.7 Å². The SMILES string of the molecule is CCCCn1c(=O)[nH]c(=O)c2c1nc(COC(=O)c1ccc(CC)cc1)n2CC. The Labute approximate surface area is 168 Å². The first kappa shape index (κ1) is 20.6. The van der Waals surface area contributed by atoms with Crippen LogP contribution in [0.4, 0.5) is 0 Å². The Morgan fingerprint density at radius 1 is 1.10 bits per heavy atom. The van der Waals surface area contributed by atoms with Crippen LogP contribution in [0.3, 0.4) is 0 Å². The Balaban J connectivity index is 1.92. The normalized spacial score (nSPS) is 11.1. The van der Waals surface area contributed by atoms with Gasteiger partial charge in [0.05, 0.1) is 5.56 Å². The van der Waals surface area contributed by atoms with Gasteiger partial charge in [-0.25, -0.2) is 14.6 Å². The first-order chi connectivity index (χ1) is 14.0. The molecule has 3 aromatic rings. The van der Waals surface area contributed by atoms with Crippen LogP contribution in [-0.2, 0) is 30.9 Å². The van der Waals surface area contributed by atoms with Gasteiger partial charge in [-0.3, -0.25) is 14.3 Å². The average molecular weight is 398 g/mol. The lowest BCUT2D eigenvalue weighted by Gasteiger charge is -2.07. The quantitative estimate of drug-likeness (QED) is 0.588. The summed E-state index contributed by atoms with van der Waals surface area (Å²) in [5, 5.41) is 0. The molecule has 2 aromatic heterocycles. The van der Waals surface area contributed by atoms with Crippen LogP contribution in [0, 0.1) is 0 Å². The van der Waals surface area contributed by atoms with Gasteiger partial charge in [-0.05, 0) is 37.5 Å². The molecule has 8 heteroatoms. The Hall–Kier alpha value is -3.16. The monoisotopic (exact) mass is 398 g/mol. The summed E-state index contributed by atoms with van der Waals surface area (Å²) in [5.74, 6) is -0.0259. The number of aromatic amines is 1. The molecule has 1 N–H and O–H groups in total. The van der Waals surface area contributed by atoms with E-state index in [0.717, 1.165) is 24.8 Å². The molecule has 0 aliphatic rings. The maximum atomic E-state index is 12.4. The minimum Gasteiger partial charge on any atom is -0.454 e. The van der Waals surface area contributed by atoms with Crippen molar-refractivity contribution < 1.29 is 9.53 Å². The minimum absolute atomic E-state index is 0.0850. The smallest absolute Gasteiger partial charge is 0.338 e. The maximum absolute atomic E-state index is 12.4. The highest BCUT2D eigenvalue weighted by Gasteiger charge is 2.19. The van der Waals surface area contributed by atoms with Gasteiger partial charge < -0.3 is 9.30 Å². The number of aromatic nitrogens is 4. The number of carbonyl (C=O) groups is 1. The van der Waals surface area contributed by atoms with E-state index in [1.807, 2.05) is 32.9 Å². The Morgan fingerprint density at radius 2 is 1.83 bits per heavy atom. The fraction of sp³-hybridized carbons (Fsp3) is 0.429. The molecule has 0 atom stereocenters. The molecule has 0 fully saturated rings. The van der Waals surface area contributed by atoms with Crippen LogP contribution < -0.4 is 11.2 Å². The van der Waals surface area contributed by atoms with Crippen molar-refractivity contribution in [2.45, 2.75) is 59.7 Å². The molecule has 0 unspecified atom stereocenters. The number of fused-ring (bicyclic) bond motifs is 1. The Bertz CT molecular complexity index is 1120. The third-order valence-electron chi connectivity index (χ3n) is 4.95. The van der Waals surface area contributed by atoms with Gasteiger partial charge in [0.2, 0.25) is 0 Å². The summed E-state index contributed by atoms with van der Waals surface area (Å²) in [6, 6.07) is 7.25. The Kier molecular flexibility index (Phi) is 6.31. The second kappa shape index (κ2) is 8.89. The van der Waals surface area contributed by atoms with Crippen molar-refractivity contribution in [3.8, 4) is 0 Å². The van der Waals surface area contributed by atoms with Gasteiger partial charge in [-0.2, -0.15) is 0 Å². The fourth-order valence-corrected chi connectivity index (χ4v) is 3.28. The highest BCUT2D eigenvalue weighted by Crippen LogP contribution is 2.14. The highest BCUT2D eigenvalue weighted by atomic mass is 16.5. The number of H-pyrrole nitrogens is 1. The lowest BCUT2D eigenvalue weighted by atomic mass is 10.1. The van der Waals surface area contributed by atoms with E-state index in [-0.39, 0.29) is 6.61 Å². The summed E-state index contributed by atoms with van der Waals surface area (Å²) in [5.41, 5.74) is 1.28. The van der Waals surface area contributed by atoms with Gasteiger partial charge in [-0.1, -0.05) is 32.4 Å². The highest BCUT2D eigenvalue weighted by molar-refractivity contribution is 5.89. The lowest BCUT2D eigenvalue weighted by Crippen LogP contribution is -2.31. The molecular formula is C21H26N4O4. The molecule has 0 bridgehead atoms. The van der Waals surface area contributed by atoms with Crippen LogP contribution in [0.2, 0.25) is 0 Å². The number of unbranched alkanes of at least 4 members (excludes halogenated alkanes) is 1. The summed E-state index contributed by atoms with van der Waals surface area (Å²) in [6.45, 7) is 6.78. The molecule has 154 valence electrons. The van der Waals surface area contributed by atoms with Gasteiger partial charge in [0.1, 0.15) is 12.4 Å². The third-order valence-corrected chi connectivity index (χ3v) is 4.95. The summed E-state index contributed by atoms with van der Waals surface area (Å²) in [6.07, 6.45) is 2.59. The molecule has 29 heavy (non-hydrogen) atoms. The summed E-state index contributed by atoms with van der Waals surface area (Å²) >= 11 is 0. The van der Waals surface area contributed by atoms with Crippen LogP contribution in [0.25, 0.3) is 11.2 Å². The van der Waals surface area contributed by atoms with Crippen molar-refractivity contribution in [3.63, 3.8) is 0 Å². The van der Waals surface area contributed by atoms with E-state index in [4.69, 9.17) is 4.74 Å². The number of carbonyl (C=O) groups excluding carboxylic acids is 1. The number of aryl methyl sites for hydroxylation is 3. The second-order valence-corrected chi connectivity index (χ2v) is 6.84. The first-order valence-corrected chi connectivity index (χ1v) is 9.98. The standard InChI is InChI=1S/C21H26N4O4/c1-4-7-12-25-18-17(19(26)23-21(25)28)24(6-3)16(22-18)13-29-20(27)15-10-8-14(5-2)9-11-15/h8-11H,4-7,12-13H2,1-3H3,(H,23,26,28).